The van der Waals surface area contributed by atoms with Crippen molar-refractivity contribution in [1.82, 2.24) is 0 Å². The van der Waals surface area contributed by atoms with Crippen molar-refractivity contribution >= 4 is 17.3 Å². The number of hydrogen-bond acceptors (Lipinski definition) is 3. The van der Waals surface area contributed by atoms with E-state index in [-0.39, 0.29) is 17.8 Å². The fourth-order valence-corrected chi connectivity index (χ4v) is 3.19. The van der Waals surface area contributed by atoms with Gasteiger partial charge in [-0.05, 0) is 39.8 Å². The van der Waals surface area contributed by atoms with Crippen LogP contribution in [0.15, 0.2) is 18.2 Å². The average Bonchev–Trinajstić information content (AvgIpc) is 2.24. The van der Waals surface area contributed by atoms with Crippen LogP contribution < -0.4 is 4.90 Å². The van der Waals surface area contributed by atoms with E-state index in [9.17, 15) is 5.11 Å². The van der Waals surface area contributed by atoms with E-state index in [1.54, 1.807) is 0 Å². The second kappa shape index (κ2) is 4.97. The molecule has 2 rings (SSSR count). The van der Waals surface area contributed by atoms with Gasteiger partial charge in [-0.1, -0.05) is 17.7 Å². The molecule has 1 heterocycles. The van der Waals surface area contributed by atoms with E-state index in [1.807, 2.05) is 18.2 Å². The Labute approximate surface area is 120 Å². The maximum Gasteiger partial charge on any atom is 0.0808 e. The van der Waals surface area contributed by atoms with Gasteiger partial charge in [0.2, 0.25) is 0 Å². The van der Waals surface area contributed by atoms with Crippen LogP contribution in [0.3, 0.4) is 0 Å². The minimum Gasteiger partial charge on any atom is -0.392 e. The molecule has 106 valence electrons. The Morgan fingerprint density at radius 1 is 1.21 bits per heavy atom. The first kappa shape index (κ1) is 14.6. The Bertz CT molecular complexity index is 455. The summed E-state index contributed by atoms with van der Waals surface area (Å²) in [6, 6.07) is 5.74. The monoisotopic (exact) mass is 283 g/mol. The number of aliphatic hydroxyl groups is 1. The molecule has 1 fully saturated rings. The Hall–Kier alpha value is -0.770. The van der Waals surface area contributed by atoms with Crippen LogP contribution in [0.25, 0.3) is 0 Å². The smallest absolute Gasteiger partial charge is 0.0808 e. The molecule has 3 nitrogen and oxygen atoms in total. The highest BCUT2D eigenvalue weighted by atomic mass is 35.5. The van der Waals surface area contributed by atoms with Crippen LogP contribution in [-0.2, 0) is 11.3 Å². The molecule has 1 N–H and O–H groups in total. The molecule has 0 atom stereocenters. The topological polar surface area (TPSA) is 32.7 Å². The quantitative estimate of drug-likeness (QED) is 0.904. The molecule has 1 saturated heterocycles. The molecular weight excluding hydrogens is 262 g/mol. The first-order valence-electron chi connectivity index (χ1n) is 6.57. The summed E-state index contributed by atoms with van der Waals surface area (Å²) < 4.78 is 6.08. The second-order valence-corrected chi connectivity index (χ2v) is 6.78. The number of aliphatic hydroxyl groups excluding tert-OH is 1. The second-order valence-electron chi connectivity index (χ2n) is 6.37. The van der Waals surface area contributed by atoms with Crippen molar-refractivity contribution in [3.63, 3.8) is 0 Å². The van der Waals surface area contributed by atoms with Crippen molar-refractivity contribution in [2.75, 3.05) is 18.0 Å². The molecule has 0 spiro atoms. The number of anilines is 1. The summed E-state index contributed by atoms with van der Waals surface area (Å²) in [5.41, 5.74) is 1.34. The largest absolute Gasteiger partial charge is 0.392 e. The molecule has 0 amide bonds. The number of benzene rings is 1. The molecule has 19 heavy (non-hydrogen) atoms. The highest BCUT2D eigenvalue weighted by Gasteiger charge is 2.38. The molecule has 0 saturated carbocycles. The molecule has 0 radical (unpaired) electrons. The predicted octanol–water partition coefficient (Wildman–Crippen LogP) is 3.23. The van der Waals surface area contributed by atoms with E-state index in [0.717, 1.165) is 24.3 Å². The van der Waals surface area contributed by atoms with Crippen LogP contribution in [-0.4, -0.2) is 29.4 Å². The van der Waals surface area contributed by atoms with Gasteiger partial charge in [-0.15, -0.1) is 0 Å². The number of morpholine rings is 1. The minimum atomic E-state index is -0.225. The highest BCUT2D eigenvalue weighted by molar-refractivity contribution is 6.31. The lowest BCUT2D eigenvalue weighted by Crippen LogP contribution is -2.57. The van der Waals surface area contributed by atoms with E-state index in [0.29, 0.717) is 5.02 Å². The summed E-state index contributed by atoms with van der Waals surface area (Å²) in [6.07, 6.45) is 0. The zero-order chi connectivity index (χ0) is 14.3. The van der Waals surface area contributed by atoms with E-state index < -0.39 is 0 Å². The molecule has 0 aliphatic carbocycles. The van der Waals surface area contributed by atoms with Gasteiger partial charge in [0.05, 0.1) is 17.8 Å². The van der Waals surface area contributed by atoms with E-state index >= 15 is 0 Å². The summed E-state index contributed by atoms with van der Waals surface area (Å²) in [6.45, 7) is 9.86. The van der Waals surface area contributed by atoms with Crippen molar-refractivity contribution < 1.29 is 9.84 Å². The first-order chi connectivity index (χ1) is 8.74. The van der Waals surface area contributed by atoms with Crippen LogP contribution in [0, 0.1) is 0 Å². The van der Waals surface area contributed by atoms with Gasteiger partial charge in [0.1, 0.15) is 0 Å². The van der Waals surface area contributed by atoms with E-state index in [1.165, 1.54) is 0 Å². The zero-order valence-electron chi connectivity index (χ0n) is 12.0. The number of rotatable bonds is 2. The Morgan fingerprint density at radius 3 is 2.32 bits per heavy atom. The summed E-state index contributed by atoms with van der Waals surface area (Å²) in [4.78, 5) is 2.25. The standard InChI is InChI=1S/C15H22ClNO2/c1-14(2)9-17(10-15(3,4)19-14)13-7-5-6-12(16)11(13)8-18/h5-7,18H,8-10H2,1-4H3. The van der Waals surface area contributed by atoms with Gasteiger partial charge >= 0.3 is 0 Å². The number of hydrogen-bond donors (Lipinski definition) is 1. The Morgan fingerprint density at radius 2 is 1.79 bits per heavy atom. The van der Waals surface area contributed by atoms with Gasteiger partial charge < -0.3 is 14.7 Å². The fourth-order valence-electron chi connectivity index (χ4n) is 2.96. The predicted molar refractivity (Wildman–Crippen MR) is 78.8 cm³/mol. The molecule has 1 aromatic carbocycles. The van der Waals surface area contributed by atoms with Crippen molar-refractivity contribution in [2.45, 2.75) is 45.5 Å². The van der Waals surface area contributed by atoms with Gasteiger partial charge in [0.15, 0.2) is 0 Å². The van der Waals surface area contributed by atoms with Gasteiger partial charge in [-0.3, -0.25) is 0 Å². The SMILES string of the molecule is CC1(C)CN(c2cccc(Cl)c2CO)CC(C)(C)O1. The third kappa shape index (κ3) is 3.22. The molecule has 4 heteroatoms. The molecular formula is C15H22ClNO2. The van der Waals surface area contributed by atoms with Crippen LogP contribution in [0.5, 0.6) is 0 Å². The maximum absolute atomic E-state index is 9.55. The van der Waals surface area contributed by atoms with E-state index in [2.05, 4.69) is 32.6 Å². The average molecular weight is 284 g/mol. The molecule has 0 unspecified atom stereocenters. The lowest BCUT2D eigenvalue weighted by molar-refractivity contribution is -0.133. The summed E-state index contributed by atoms with van der Waals surface area (Å²) in [7, 11) is 0. The van der Waals surface area contributed by atoms with Gasteiger partial charge in [0.25, 0.3) is 0 Å². The third-order valence-corrected chi connectivity index (χ3v) is 3.64. The van der Waals surface area contributed by atoms with Gasteiger partial charge in [-0.25, -0.2) is 0 Å². The number of halogens is 1. The third-order valence-electron chi connectivity index (χ3n) is 3.29. The van der Waals surface area contributed by atoms with Crippen LogP contribution in [0.2, 0.25) is 5.02 Å². The van der Waals surface area contributed by atoms with Gasteiger partial charge in [0, 0.05) is 29.4 Å². The maximum atomic E-state index is 9.55. The van der Waals surface area contributed by atoms with Crippen molar-refractivity contribution in [1.29, 1.82) is 0 Å². The highest BCUT2D eigenvalue weighted by Crippen LogP contribution is 2.35. The normalized spacial score (nSPS) is 21.5. The molecule has 0 bridgehead atoms. The Balaban J connectivity index is 2.39. The molecule has 1 aliphatic rings. The van der Waals surface area contributed by atoms with Gasteiger partial charge in [-0.2, -0.15) is 0 Å². The van der Waals surface area contributed by atoms with E-state index in [4.69, 9.17) is 16.3 Å². The summed E-state index contributed by atoms with van der Waals surface area (Å²) in [5, 5.41) is 10.2. The minimum absolute atomic E-state index is 0.0484. The van der Waals surface area contributed by atoms with Crippen molar-refractivity contribution in [2.24, 2.45) is 0 Å². The van der Waals surface area contributed by atoms with Crippen molar-refractivity contribution in [3.05, 3.63) is 28.8 Å². The van der Waals surface area contributed by atoms with Crippen LogP contribution in [0.1, 0.15) is 33.3 Å². The summed E-state index contributed by atoms with van der Waals surface area (Å²) >= 11 is 6.17. The molecule has 0 aromatic heterocycles. The number of nitrogens with zero attached hydrogens (tertiary/aromatic N) is 1. The molecule has 1 aromatic rings. The van der Waals surface area contributed by atoms with Crippen molar-refractivity contribution in [3.8, 4) is 0 Å². The molecule has 1 aliphatic heterocycles. The lowest BCUT2D eigenvalue weighted by atomic mass is 9.97. The number of ether oxygens (including phenoxy) is 1. The zero-order valence-corrected chi connectivity index (χ0v) is 12.8. The Kier molecular flexibility index (Phi) is 3.83. The lowest BCUT2D eigenvalue weighted by Gasteiger charge is -2.48. The van der Waals surface area contributed by atoms with Crippen LogP contribution in [0.4, 0.5) is 5.69 Å². The fraction of sp³-hybridized carbons (Fsp3) is 0.600. The van der Waals surface area contributed by atoms with Crippen LogP contribution >= 0.6 is 11.6 Å². The summed E-state index contributed by atoms with van der Waals surface area (Å²) in [5.74, 6) is 0. The first-order valence-corrected chi connectivity index (χ1v) is 6.95.